The van der Waals surface area contributed by atoms with E-state index in [0.717, 1.165) is 18.5 Å². The first-order chi connectivity index (χ1) is 8.97. The summed E-state index contributed by atoms with van der Waals surface area (Å²) in [5.74, 6) is 0.425. The van der Waals surface area contributed by atoms with Gasteiger partial charge in [-0.2, -0.15) is 0 Å². The fourth-order valence-electron chi connectivity index (χ4n) is 2.61. The molecule has 0 bridgehead atoms. The van der Waals surface area contributed by atoms with E-state index in [1.165, 1.54) is 29.1 Å². The third-order valence-corrected chi connectivity index (χ3v) is 5.51. The number of thiazole rings is 1. The molecular formula is C15H23NO2S. The maximum atomic E-state index is 11.7. The number of ether oxygens (including phenoxy) is 1. The molecule has 0 N–H and O–H groups in total. The smallest absolute Gasteiger partial charge is 0.367 e. The molecule has 0 spiro atoms. The minimum absolute atomic E-state index is 0.270. The molecule has 0 saturated carbocycles. The van der Waals surface area contributed by atoms with E-state index in [1.54, 1.807) is 0 Å². The first-order valence-electron chi connectivity index (χ1n) is 7.13. The molecule has 1 unspecified atom stereocenters. The number of aromatic nitrogens is 1. The molecule has 19 heavy (non-hydrogen) atoms. The molecule has 1 aliphatic carbocycles. The maximum Gasteiger partial charge on any atom is 0.367 e. The van der Waals surface area contributed by atoms with Gasteiger partial charge in [-0.15, -0.1) is 11.3 Å². The molecule has 0 fully saturated rings. The van der Waals surface area contributed by atoms with Crippen molar-refractivity contribution in [2.75, 3.05) is 6.61 Å². The number of hydrogen-bond donors (Lipinski definition) is 0. The summed E-state index contributed by atoms with van der Waals surface area (Å²) < 4.78 is 5.03. The van der Waals surface area contributed by atoms with Crippen molar-refractivity contribution in [3.63, 3.8) is 0 Å². The molecule has 1 aromatic heterocycles. The van der Waals surface area contributed by atoms with Crippen molar-refractivity contribution in [3.05, 3.63) is 15.6 Å². The second-order valence-electron chi connectivity index (χ2n) is 5.89. The lowest BCUT2D eigenvalue weighted by molar-refractivity contribution is 0.0525. The number of hydrogen-bond acceptors (Lipinski definition) is 4. The first-order valence-corrected chi connectivity index (χ1v) is 7.95. The molecular weight excluding hydrogens is 258 g/mol. The molecule has 1 heterocycles. The molecule has 4 heteroatoms. The van der Waals surface area contributed by atoms with Crippen LogP contribution >= 0.6 is 11.3 Å². The normalized spacial score (nSPS) is 19.1. The van der Waals surface area contributed by atoms with Crippen LogP contribution in [-0.2, 0) is 17.6 Å². The molecule has 1 aromatic rings. The van der Waals surface area contributed by atoms with Crippen molar-refractivity contribution in [1.29, 1.82) is 0 Å². The molecule has 0 aromatic carbocycles. The number of carbonyl (C=O) groups excluding carboxylic acids is 1. The van der Waals surface area contributed by atoms with Crippen LogP contribution in [0.2, 0.25) is 0 Å². The standard InChI is InChI=1S/C15H23NO2S/c1-5-15(3,4)10-7-8-11-12(9-10)19-13(16-11)14(17)18-6-2/h10H,5-9H2,1-4H3. The Labute approximate surface area is 119 Å². The number of fused-ring (bicyclic) bond motifs is 1. The van der Waals surface area contributed by atoms with E-state index >= 15 is 0 Å². The molecule has 0 saturated heterocycles. The minimum atomic E-state index is -0.270. The van der Waals surface area contributed by atoms with Crippen LogP contribution in [-0.4, -0.2) is 17.6 Å². The molecule has 0 aliphatic heterocycles. The van der Waals surface area contributed by atoms with Crippen LogP contribution in [0.3, 0.4) is 0 Å². The van der Waals surface area contributed by atoms with Gasteiger partial charge in [0.05, 0.1) is 12.3 Å². The van der Waals surface area contributed by atoms with Gasteiger partial charge in [-0.25, -0.2) is 9.78 Å². The first kappa shape index (κ1) is 14.5. The third-order valence-electron chi connectivity index (χ3n) is 4.41. The lowest BCUT2D eigenvalue weighted by Gasteiger charge is -2.35. The summed E-state index contributed by atoms with van der Waals surface area (Å²) in [5.41, 5.74) is 1.49. The molecule has 106 valence electrons. The van der Waals surface area contributed by atoms with Crippen molar-refractivity contribution in [3.8, 4) is 0 Å². The van der Waals surface area contributed by atoms with E-state index in [-0.39, 0.29) is 5.97 Å². The van der Waals surface area contributed by atoms with E-state index in [0.29, 0.717) is 22.9 Å². The molecule has 0 radical (unpaired) electrons. The highest BCUT2D eigenvalue weighted by Crippen LogP contribution is 2.41. The lowest BCUT2D eigenvalue weighted by Crippen LogP contribution is -2.28. The van der Waals surface area contributed by atoms with Gasteiger partial charge in [0.2, 0.25) is 5.01 Å². The highest BCUT2D eigenvalue weighted by Gasteiger charge is 2.33. The fourth-order valence-corrected chi connectivity index (χ4v) is 3.69. The van der Waals surface area contributed by atoms with Gasteiger partial charge < -0.3 is 4.74 Å². The quantitative estimate of drug-likeness (QED) is 0.787. The summed E-state index contributed by atoms with van der Waals surface area (Å²) in [5, 5.41) is 0.529. The van der Waals surface area contributed by atoms with Crippen molar-refractivity contribution in [2.45, 2.75) is 53.4 Å². The number of esters is 1. The highest BCUT2D eigenvalue weighted by molar-refractivity contribution is 7.13. The monoisotopic (exact) mass is 281 g/mol. The Morgan fingerprint density at radius 3 is 2.84 bits per heavy atom. The van der Waals surface area contributed by atoms with E-state index in [1.807, 2.05) is 6.92 Å². The fraction of sp³-hybridized carbons (Fsp3) is 0.733. The van der Waals surface area contributed by atoms with Crippen molar-refractivity contribution in [2.24, 2.45) is 11.3 Å². The van der Waals surface area contributed by atoms with Crippen molar-refractivity contribution < 1.29 is 9.53 Å². The zero-order valence-electron chi connectivity index (χ0n) is 12.3. The molecule has 0 amide bonds. The number of aryl methyl sites for hydroxylation is 1. The zero-order valence-corrected chi connectivity index (χ0v) is 13.1. The van der Waals surface area contributed by atoms with Gasteiger partial charge >= 0.3 is 5.97 Å². The minimum Gasteiger partial charge on any atom is -0.461 e. The average Bonchev–Trinajstić information content (AvgIpc) is 2.81. The van der Waals surface area contributed by atoms with E-state index in [4.69, 9.17) is 4.74 Å². The summed E-state index contributed by atoms with van der Waals surface area (Å²) in [4.78, 5) is 17.5. The van der Waals surface area contributed by atoms with Gasteiger partial charge in [-0.3, -0.25) is 0 Å². The van der Waals surface area contributed by atoms with Crippen LogP contribution in [0.25, 0.3) is 0 Å². The second kappa shape index (κ2) is 5.61. The molecule has 1 atom stereocenters. The Balaban J connectivity index is 2.15. The second-order valence-corrected chi connectivity index (χ2v) is 6.97. The third kappa shape index (κ3) is 2.99. The number of carbonyl (C=O) groups is 1. The number of rotatable bonds is 4. The summed E-state index contributed by atoms with van der Waals surface area (Å²) >= 11 is 1.53. The largest absolute Gasteiger partial charge is 0.461 e. The van der Waals surface area contributed by atoms with Crippen LogP contribution in [0.1, 0.15) is 60.9 Å². The van der Waals surface area contributed by atoms with Crippen LogP contribution in [0.4, 0.5) is 0 Å². The van der Waals surface area contributed by atoms with Gasteiger partial charge in [0.25, 0.3) is 0 Å². The maximum absolute atomic E-state index is 11.7. The predicted molar refractivity (Wildman–Crippen MR) is 77.7 cm³/mol. The van der Waals surface area contributed by atoms with Crippen molar-refractivity contribution in [1.82, 2.24) is 4.98 Å². The van der Waals surface area contributed by atoms with Gasteiger partial charge in [0, 0.05) is 4.88 Å². The molecule has 1 aliphatic rings. The Hall–Kier alpha value is -0.900. The molecule has 3 nitrogen and oxygen atoms in total. The van der Waals surface area contributed by atoms with Gasteiger partial charge in [-0.1, -0.05) is 27.2 Å². The average molecular weight is 281 g/mol. The van der Waals surface area contributed by atoms with Crippen molar-refractivity contribution >= 4 is 17.3 Å². The summed E-state index contributed by atoms with van der Waals surface area (Å²) in [6.45, 7) is 9.18. The summed E-state index contributed by atoms with van der Waals surface area (Å²) in [6.07, 6.45) is 4.43. The Morgan fingerprint density at radius 1 is 1.47 bits per heavy atom. The predicted octanol–water partition coefficient (Wildman–Crippen LogP) is 3.86. The van der Waals surface area contributed by atoms with Crippen LogP contribution in [0.15, 0.2) is 0 Å². The topological polar surface area (TPSA) is 39.2 Å². The highest BCUT2D eigenvalue weighted by atomic mass is 32.1. The van der Waals surface area contributed by atoms with E-state index < -0.39 is 0 Å². The molecule has 2 rings (SSSR count). The van der Waals surface area contributed by atoms with Gasteiger partial charge in [0.1, 0.15) is 0 Å². The SMILES string of the molecule is CCOC(=O)c1nc2c(s1)CC(C(C)(C)CC)CC2. The van der Waals surface area contributed by atoms with Gasteiger partial charge in [-0.05, 0) is 37.5 Å². The summed E-state index contributed by atoms with van der Waals surface area (Å²) in [6, 6.07) is 0. The van der Waals surface area contributed by atoms with E-state index in [2.05, 4.69) is 25.8 Å². The Kier molecular flexibility index (Phi) is 4.29. The van der Waals surface area contributed by atoms with E-state index in [9.17, 15) is 4.79 Å². The van der Waals surface area contributed by atoms with Crippen LogP contribution in [0, 0.1) is 11.3 Å². The van der Waals surface area contributed by atoms with Gasteiger partial charge in [0.15, 0.2) is 0 Å². The lowest BCUT2D eigenvalue weighted by atomic mass is 9.70. The zero-order chi connectivity index (χ0) is 14.0. The van der Waals surface area contributed by atoms with Crippen LogP contribution < -0.4 is 0 Å². The Morgan fingerprint density at radius 2 is 2.21 bits per heavy atom. The summed E-state index contributed by atoms with van der Waals surface area (Å²) in [7, 11) is 0. The Bertz CT molecular complexity index is 465. The number of nitrogens with zero attached hydrogens (tertiary/aromatic N) is 1. The van der Waals surface area contributed by atoms with Crippen LogP contribution in [0.5, 0.6) is 0 Å².